The summed E-state index contributed by atoms with van der Waals surface area (Å²) in [7, 11) is 2.00. The van der Waals surface area contributed by atoms with Gasteiger partial charge in [-0.15, -0.1) is 0 Å². The van der Waals surface area contributed by atoms with Gasteiger partial charge in [-0.3, -0.25) is 9.80 Å². The standard InChI is InChI=1S/C17H29N3/c1-17(2,3)20-10-8-19(9-11-20)14-16-7-5-6-15(12-16)13-18-4/h5-7,12,18H,8-11,13-14H2,1-4H3. The molecule has 0 spiro atoms. The highest BCUT2D eigenvalue weighted by Crippen LogP contribution is 2.17. The second-order valence-electron chi connectivity index (χ2n) is 6.78. The Morgan fingerprint density at radius 1 is 1.05 bits per heavy atom. The summed E-state index contributed by atoms with van der Waals surface area (Å²) in [6.07, 6.45) is 0. The molecule has 0 amide bonds. The predicted molar refractivity (Wildman–Crippen MR) is 85.8 cm³/mol. The number of rotatable bonds is 4. The number of nitrogens with zero attached hydrogens (tertiary/aromatic N) is 2. The molecule has 1 aliphatic rings. The van der Waals surface area contributed by atoms with E-state index in [-0.39, 0.29) is 0 Å². The molecule has 1 saturated heterocycles. The van der Waals surface area contributed by atoms with Gasteiger partial charge >= 0.3 is 0 Å². The van der Waals surface area contributed by atoms with Crippen LogP contribution in [0.15, 0.2) is 24.3 Å². The van der Waals surface area contributed by atoms with Crippen molar-refractivity contribution >= 4 is 0 Å². The van der Waals surface area contributed by atoms with Gasteiger partial charge in [0.15, 0.2) is 0 Å². The Bertz CT molecular complexity index is 414. The highest BCUT2D eigenvalue weighted by atomic mass is 15.3. The maximum atomic E-state index is 3.22. The van der Waals surface area contributed by atoms with Gasteiger partial charge in [-0.1, -0.05) is 24.3 Å². The molecule has 1 N–H and O–H groups in total. The van der Waals surface area contributed by atoms with Crippen LogP contribution in [0, 0.1) is 0 Å². The Morgan fingerprint density at radius 3 is 2.30 bits per heavy atom. The van der Waals surface area contributed by atoms with Crippen molar-refractivity contribution in [3.05, 3.63) is 35.4 Å². The SMILES string of the molecule is CNCc1cccc(CN2CCN(C(C)(C)C)CC2)c1. The molecule has 0 unspecified atom stereocenters. The Labute approximate surface area is 124 Å². The van der Waals surface area contributed by atoms with E-state index in [4.69, 9.17) is 0 Å². The largest absolute Gasteiger partial charge is 0.316 e. The van der Waals surface area contributed by atoms with Crippen LogP contribution in [0.4, 0.5) is 0 Å². The summed E-state index contributed by atoms with van der Waals surface area (Å²) in [5.74, 6) is 0. The molecule has 0 aliphatic carbocycles. The monoisotopic (exact) mass is 275 g/mol. The van der Waals surface area contributed by atoms with Crippen LogP contribution in [0.2, 0.25) is 0 Å². The maximum Gasteiger partial charge on any atom is 0.0234 e. The van der Waals surface area contributed by atoms with E-state index in [1.807, 2.05) is 7.05 Å². The molecule has 0 radical (unpaired) electrons. The molecule has 0 bridgehead atoms. The lowest BCUT2D eigenvalue weighted by Gasteiger charge is -2.42. The first-order chi connectivity index (χ1) is 9.49. The topological polar surface area (TPSA) is 18.5 Å². The third kappa shape index (κ3) is 4.30. The van der Waals surface area contributed by atoms with Crippen molar-refractivity contribution in [1.82, 2.24) is 15.1 Å². The lowest BCUT2D eigenvalue weighted by Crippen LogP contribution is -2.53. The van der Waals surface area contributed by atoms with Crippen LogP contribution in [0.1, 0.15) is 31.9 Å². The summed E-state index contributed by atoms with van der Waals surface area (Å²) in [5, 5.41) is 3.22. The van der Waals surface area contributed by atoms with Crippen LogP contribution in [0.3, 0.4) is 0 Å². The Kier molecular flexibility index (Phi) is 5.19. The van der Waals surface area contributed by atoms with Crippen molar-refractivity contribution in [3.63, 3.8) is 0 Å². The van der Waals surface area contributed by atoms with Gasteiger partial charge in [-0.05, 0) is 38.9 Å². The summed E-state index contributed by atoms with van der Waals surface area (Å²) < 4.78 is 0. The van der Waals surface area contributed by atoms with E-state index in [9.17, 15) is 0 Å². The second kappa shape index (κ2) is 6.70. The molecule has 1 heterocycles. The van der Waals surface area contributed by atoms with Crippen LogP contribution in [-0.4, -0.2) is 48.6 Å². The average molecular weight is 275 g/mol. The van der Waals surface area contributed by atoms with Gasteiger partial charge in [0.2, 0.25) is 0 Å². The maximum absolute atomic E-state index is 3.22. The van der Waals surface area contributed by atoms with Crippen molar-refractivity contribution in [2.45, 2.75) is 39.4 Å². The Balaban J connectivity index is 1.88. The molecule has 0 atom stereocenters. The van der Waals surface area contributed by atoms with Crippen LogP contribution in [0.25, 0.3) is 0 Å². The van der Waals surface area contributed by atoms with Gasteiger partial charge < -0.3 is 5.32 Å². The van der Waals surface area contributed by atoms with E-state index in [0.29, 0.717) is 5.54 Å². The van der Waals surface area contributed by atoms with Crippen molar-refractivity contribution in [2.24, 2.45) is 0 Å². The molecule has 0 aromatic heterocycles. The fraction of sp³-hybridized carbons (Fsp3) is 0.647. The number of hydrogen-bond donors (Lipinski definition) is 1. The zero-order valence-electron chi connectivity index (χ0n) is 13.4. The van der Waals surface area contributed by atoms with Crippen molar-refractivity contribution < 1.29 is 0 Å². The van der Waals surface area contributed by atoms with E-state index in [1.165, 1.54) is 37.3 Å². The fourth-order valence-electron chi connectivity index (χ4n) is 2.88. The molecule has 0 saturated carbocycles. The third-order valence-electron chi connectivity index (χ3n) is 4.10. The van der Waals surface area contributed by atoms with Crippen molar-refractivity contribution in [3.8, 4) is 0 Å². The van der Waals surface area contributed by atoms with Crippen LogP contribution in [-0.2, 0) is 13.1 Å². The molecule has 1 aliphatic heterocycles. The first-order valence-electron chi connectivity index (χ1n) is 7.69. The van der Waals surface area contributed by atoms with Crippen LogP contribution >= 0.6 is 0 Å². The normalized spacial score (nSPS) is 18.4. The number of piperazine rings is 1. The molecule has 3 nitrogen and oxygen atoms in total. The average Bonchev–Trinajstić information content (AvgIpc) is 2.39. The van der Waals surface area contributed by atoms with Crippen LogP contribution in [0.5, 0.6) is 0 Å². The lowest BCUT2D eigenvalue weighted by molar-refractivity contribution is 0.0591. The van der Waals surface area contributed by atoms with E-state index >= 15 is 0 Å². The minimum atomic E-state index is 0.304. The summed E-state index contributed by atoms with van der Waals surface area (Å²) >= 11 is 0. The summed E-state index contributed by atoms with van der Waals surface area (Å²) in [6.45, 7) is 13.7. The van der Waals surface area contributed by atoms with Gasteiger partial charge in [0.25, 0.3) is 0 Å². The first kappa shape index (κ1) is 15.5. The van der Waals surface area contributed by atoms with Gasteiger partial charge in [-0.2, -0.15) is 0 Å². The molecule has 2 rings (SSSR count). The Hall–Kier alpha value is -0.900. The molecule has 112 valence electrons. The third-order valence-corrected chi connectivity index (χ3v) is 4.10. The number of hydrogen-bond acceptors (Lipinski definition) is 3. The Morgan fingerprint density at radius 2 is 1.70 bits per heavy atom. The number of nitrogens with one attached hydrogen (secondary N) is 1. The molecule has 1 fully saturated rings. The van der Waals surface area contributed by atoms with E-state index in [0.717, 1.165) is 13.1 Å². The predicted octanol–water partition coefficient (Wildman–Crippen LogP) is 2.32. The van der Waals surface area contributed by atoms with Gasteiger partial charge in [0.05, 0.1) is 0 Å². The molecule has 1 aromatic rings. The zero-order valence-corrected chi connectivity index (χ0v) is 13.4. The quantitative estimate of drug-likeness (QED) is 0.910. The molecule has 20 heavy (non-hydrogen) atoms. The highest BCUT2D eigenvalue weighted by Gasteiger charge is 2.25. The van der Waals surface area contributed by atoms with Gasteiger partial charge in [-0.25, -0.2) is 0 Å². The minimum Gasteiger partial charge on any atom is -0.316 e. The van der Waals surface area contributed by atoms with E-state index < -0.39 is 0 Å². The summed E-state index contributed by atoms with van der Waals surface area (Å²) in [5.41, 5.74) is 3.11. The van der Waals surface area contributed by atoms with Crippen LogP contribution < -0.4 is 5.32 Å². The molecule has 3 heteroatoms. The smallest absolute Gasteiger partial charge is 0.0234 e. The summed E-state index contributed by atoms with van der Waals surface area (Å²) in [4.78, 5) is 5.15. The van der Waals surface area contributed by atoms with E-state index in [2.05, 4.69) is 60.2 Å². The van der Waals surface area contributed by atoms with Gasteiger partial charge in [0.1, 0.15) is 0 Å². The first-order valence-corrected chi connectivity index (χ1v) is 7.69. The van der Waals surface area contributed by atoms with Crippen molar-refractivity contribution in [1.29, 1.82) is 0 Å². The molecule has 1 aromatic carbocycles. The molecular weight excluding hydrogens is 246 g/mol. The molecular formula is C17H29N3. The summed E-state index contributed by atoms with van der Waals surface area (Å²) in [6, 6.07) is 8.94. The highest BCUT2D eigenvalue weighted by molar-refractivity contribution is 5.23. The van der Waals surface area contributed by atoms with E-state index in [1.54, 1.807) is 0 Å². The zero-order chi connectivity index (χ0) is 14.6. The lowest BCUT2D eigenvalue weighted by atomic mass is 10.0. The van der Waals surface area contributed by atoms with Gasteiger partial charge in [0, 0.05) is 44.8 Å². The minimum absolute atomic E-state index is 0.304. The second-order valence-corrected chi connectivity index (χ2v) is 6.78. The number of benzene rings is 1. The van der Waals surface area contributed by atoms with Crippen molar-refractivity contribution in [2.75, 3.05) is 33.2 Å². The fourth-order valence-corrected chi connectivity index (χ4v) is 2.88.